The quantitative estimate of drug-likeness (QED) is 0.920. The van der Waals surface area contributed by atoms with E-state index in [1.54, 1.807) is 30.2 Å². The zero-order valence-electron chi connectivity index (χ0n) is 11.1. The summed E-state index contributed by atoms with van der Waals surface area (Å²) in [7, 11) is 1.55. The van der Waals surface area contributed by atoms with Crippen molar-refractivity contribution in [2.75, 3.05) is 20.2 Å². The molecule has 0 radical (unpaired) electrons. The lowest BCUT2D eigenvalue weighted by molar-refractivity contribution is -0.141. The number of carboxylic acids is 1. The van der Waals surface area contributed by atoms with Gasteiger partial charge in [-0.15, -0.1) is 0 Å². The van der Waals surface area contributed by atoms with Gasteiger partial charge in [0.1, 0.15) is 5.75 Å². The van der Waals surface area contributed by atoms with Crippen LogP contribution in [0.1, 0.15) is 12.0 Å². The third kappa shape index (κ3) is 3.22. The van der Waals surface area contributed by atoms with Gasteiger partial charge in [0.2, 0.25) is 5.91 Å². The Balaban J connectivity index is 2.00. The number of hydrogen-bond acceptors (Lipinski definition) is 3. The molecule has 1 N–H and O–H groups in total. The molecular formula is C14H16ClNO4. The first-order valence-corrected chi connectivity index (χ1v) is 6.72. The van der Waals surface area contributed by atoms with E-state index in [1.807, 2.05) is 0 Å². The van der Waals surface area contributed by atoms with Crippen LogP contribution in [-0.4, -0.2) is 42.1 Å². The first kappa shape index (κ1) is 14.7. The molecule has 6 heteroatoms. The highest BCUT2D eigenvalue weighted by Gasteiger charge is 2.30. The van der Waals surface area contributed by atoms with Crippen LogP contribution >= 0.6 is 11.6 Å². The summed E-state index contributed by atoms with van der Waals surface area (Å²) in [4.78, 5) is 24.6. The van der Waals surface area contributed by atoms with Crippen LogP contribution in [0.25, 0.3) is 0 Å². The van der Waals surface area contributed by atoms with Gasteiger partial charge in [0, 0.05) is 18.1 Å². The monoisotopic (exact) mass is 297 g/mol. The first-order chi connectivity index (χ1) is 9.51. The predicted molar refractivity (Wildman–Crippen MR) is 74.0 cm³/mol. The van der Waals surface area contributed by atoms with E-state index in [9.17, 15) is 9.59 Å². The Kier molecular flexibility index (Phi) is 4.49. The van der Waals surface area contributed by atoms with Crippen molar-refractivity contribution >= 4 is 23.5 Å². The van der Waals surface area contributed by atoms with Gasteiger partial charge in [-0.2, -0.15) is 0 Å². The Hall–Kier alpha value is -1.75. The lowest BCUT2D eigenvalue weighted by Crippen LogP contribution is -2.31. The summed E-state index contributed by atoms with van der Waals surface area (Å²) in [6, 6.07) is 5.16. The van der Waals surface area contributed by atoms with Gasteiger partial charge < -0.3 is 14.7 Å². The molecule has 20 heavy (non-hydrogen) atoms. The lowest BCUT2D eigenvalue weighted by Gasteiger charge is -2.16. The minimum Gasteiger partial charge on any atom is -0.497 e. The highest BCUT2D eigenvalue weighted by molar-refractivity contribution is 6.31. The van der Waals surface area contributed by atoms with E-state index in [0.717, 1.165) is 5.56 Å². The van der Waals surface area contributed by atoms with Crippen LogP contribution in [0.2, 0.25) is 5.02 Å². The SMILES string of the molecule is COc1ccc(CC(=O)N2CC[C@H](C(=O)O)C2)c(Cl)c1. The molecule has 1 aliphatic heterocycles. The summed E-state index contributed by atoms with van der Waals surface area (Å²) in [5.41, 5.74) is 0.719. The van der Waals surface area contributed by atoms with Gasteiger partial charge in [-0.05, 0) is 24.1 Å². The molecule has 108 valence electrons. The minimum atomic E-state index is -0.845. The maximum absolute atomic E-state index is 12.1. The van der Waals surface area contributed by atoms with Crippen LogP contribution in [-0.2, 0) is 16.0 Å². The number of amides is 1. The van der Waals surface area contributed by atoms with Gasteiger partial charge in [-0.25, -0.2) is 0 Å². The van der Waals surface area contributed by atoms with Crippen LogP contribution in [0.15, 0.2) is 18.2 Å². The van der Waals surface area contributed by atoms with Crippen molar-refractivity contribution in [1.82, 2.24) is 4.90 Å². The van der Waals surface area contributed by atoms with Gasteiger partial charge in [0.25, 0.3) is 0 Å². The summed E-state index contributed by atoms with van der Waals surface area (Å²) in [6.45, 7) is 0.769. The van der Waals surface area contributed by atoms with Gasteiger partial charge >= 0.3 is 5.97 Å². The van der Waals surface area contributed by atoms with E-state index in [1.165, 1.54) is 0 Å². The number of halogens is 1. The number of benzene rings is 1. The number of methoxy groups -OCH3 is 1. The lowest BCUT2D eigenvalue weighted by atomic mass is 10.1. The minimum absolute atomic E-state index is 0.0965. The van der Waals surface area contributed by atoms with Crippen LogP contribution < -0.4 is 4.74 Å². The maximum atomic E-state index is 12.1. The zero-order valence-corrected chi connectivity index (χ0v) is 11.9. The van der Waals surface area contributed by atoms with E-state index in [-0.39, 0.29) is 18.9 Å². The number of carbonyl (C=O) groups is 2. The number of carbonyl (C=O) groups excluding carboxylic acids is 1. The molecule has 5 nitrogen and oxygen atoms in total. The molecule has 1 aromatic rings. The largest absolute Gasteiger partial charge is 0.497 e. The second-order valence-corrected chi connectivity index (χ2v) is 5.20. The maximum Gasteiger partial charge on any atom is 0.308 e. The van der Waals surface area contributed by atoms with Crippen LogP contribution in [0.4, 0.5) is 0 Å². The second kappa shape index (κ2) is 6.13. The van der Waals surface area contributed by atoms with Crippen molar-refractivity contribution in [1.29, 1.82) is 0 Å². The topological polar surface area (TPSA) is 66.8 Å². The molecule has 1 amide bonds. The Morgan fingerprint density at radius 3 is 2.80 bits per heavy atom. The molecule has 1 aliphatic rings. The average molecular weight is 298 g/mol. The third-order valence-electron chi connectivity index (χ3n) is 3.49. The number of aliphatic carboxylic acids is 1. The summed E-state index contributed by atoms with van der Waals surface area (Å²) in [5.74, 6) is -0.757. The van der Waals surface area contributed by atoms with E-state index >= 15 is 0 Å². The van der Waals surface area contributed by atoms with Crippen molar-refractivity contribution in [2.24, 2.45) is 5.92 Å². The highest BCUT2D eigenvalue weighted by atomic mass is 35.5. The summed E-state index contributed by atoms with van der Waals surface area (Å²) in [5, 5.41) is 9.41. The molecule has 1 atom stereocenters. The Labute approximate surface area is 122 Å². The Bertz CT molecular complexity index is 532. The van der Waals surface area contributed by atoms with E-state index in [0.29, 0.717) is 23.7 Å². The van der Waals surface area contributed by atoms with Crippen molar-refractivity contribution in [3.8, 4) is 5.75 Å². The Morgan fingerprint density at radius 2 is 2.25 bits per heavy atom. The van der Waals surface area contributed by atoms with Gasteiger partial charge in [0.05, 0.1) is 19.4 Å². The molecule has 0 bridgehead atoms. The van der Waals surface area contributed by atoms with Crippen molar-refractivity contribution < 1.29 is 19.4 Å². The molecule has 0 aromatic heterocycles. The normalized spacial score (nSPS) is 18.1. The fourth-order valence-electron chi connectivity index (χ4n) is 2.26. The number of ether oxygens (including phenoxy) is 1. The molecule has 2 rings (SSSR count). The zero-order chi connectivity index (χ0) is 14.7. The fraction of sp³-hybridized carbons (Fsp3) is 0.429. The highest BCUT2D eigenvalue weighted by Crippen LogP contribution is 2.24. The van der Waals surface area contributed by atoms with E-state index in [4.69, 9.17) is 21.4 Å². The number of hydrogen-bond donors (Lipinski definition) is 1. The number of carboxylic acid groups (broad SMARTS) is 1. The molecule has 1 fully saturated rings. The van der Waals surface area contributed by atoms with E-state index in [2.05, 4.69) is 0 Å². The number of nitrogens with zero attached hydrogens (tertiary/aromatic N) is 1. The predicted octanol–water partition coefficient (Wildman–Crippen LogP) is 1.82. The first-order valence-electron chi connectivity index (χ1n) is 6.34. The smallest absolute Gasteiger partial charge is 0.308 e. The molecule has 0 unspecified atom stereocenters. The van der Waals surface area contributed by atoms with E-state index < -0.39 is 11.9 Å². The summed E-state index contributed by atoms with van der Waals surface area (Å²) < 4.78 is 5.05. The van der Waals surface area contributed by atoms with Crippen molar-refractivity contribution in [3.05, 3.63) is 28.8 Å². The third-order valence-corrected chi connectivity index (χ3v) is 3.84. The van der Waals surface area contributed by atoms with Gasteiger partial charge in [0.15, 0.2) is 0 Å². The number of rotatable bonds is 4. The van der Waals surface area contributed by atoms with Crippen molar-refractivity contribution in [2.45, 2.75) is 12.8 Å². The van der Waals surface area contributed by atoms with Crippen molar-refractivity contribution in [3.63, 3.8) is 0 Å². The van der Waals surface area contributed by atoms with Gasteiger partial charge in [-0.1, -0.05) is 17.7 Å². The molecular weight excluding hydrogens is 282 g/mol. The standard InChI is InChI=1S/C14H16ClNO4/c1-20-11-3-2-9(12(15)7-11)6-13(17)16-5-4-10(8-16)14(18)19/h2-3,7,10H,4-6,8H2,1H3,(H,18,19)/t10-/m0/s1. The van der Waals surface area contributed by atoms with Gasteiger partial charge in [-0.3, -0.25) is 9.59 Å². The molecule has 1 saturated heterocycles. The summed E-state index contributed by atoms with van der Waals surface area (Å²) in [6.07, 6.45) is 0.687. The average Bonchev–Trinajstić information content (AvgIpc) is 2.91. The molecule has 0 aliphatic carbocycles. The number of likely N-dealkylation sites (tertiary alicyclic amines) is 1. The fourth-order valence-corrected chi connectivity index (χ4v) is 2.50. The second-order valence-electron chi connectivity index (χ2n) is 4.80. The Morgan fingerprint density at radius 1 is 1.50 bits per heavy atom. The molecule has 1 aromatic carbocycles. The molecule has 1 heterocycles. The van der Waals surface area contributed by atoms with Crippen LogP contribution in [0, 0.1) is 5.92 Å². The summed E-state index contributed by atoms with van der Waals surface area (Å²) >= 11 is 6.09. The van der Waals surface area contributed by atoms with Crippen LogP contribution in [0.5, 0.6) is 5.75 Å². The molecule has 0 spiro atoms. The molecule has 0 saturated carbocycles. The van der Waals surface area contributed by atoms with Crippen LogP contribution in [0.3, 0.4) is 0 Å².